The molecule has 2 heterocycles. The van der Waals surface area contributed by atoms with Gasteiger partial charge in [0.1, 0.15) is 0 Å². The highest BCUT2D eigenvalue weighted by atomic mass is 16.3. The molecule has 1 aromatic carbocycles. The first-order valence-electron chi connectivity index (χ1n) is 8.52. The van der Waals surface area contributed by atoms with Gasteiger partial charge in [-0.05, 0) is 63.1 Å². The van der Waals surface area contributed by atoms with Crippen molar-refractivity contribution in [1.29, 1.82) is 0 Å². The van der Waals surface area contributed by atoms with Crippen molar-refractivity contribution in [2.24, 2.45) is 0 Å². The fourth-order valence-electron chi connectivity index (χ4n) is 3.02. The average Bonchev–Trinajstić information content (AvgIpc) is 3.11. The van der Waals surface area contributed by atoms with Gasteiger partial charge in [0.15, 0.2) is 5.76 Å². The molecular weight excluding hydrogens is 318 g/mol. The lowest BCUT2D eigenvalue weighted by Gasteiger charge is -2.28. The van der Waals surface area contributed by atoms with Crippen LogP contribution in [0.15, 0.2) is 41.0 Å². The molecular formula is C19H23N3O3. The van der Waals surface area contributed by atoms with Gasteiger partial charge in [-0.25, -0.2) is 0 Å². The van der Waals surface area contributed by atoms with Crippen molar-refractivity contribution < 1.29 is 14.0 Å². The number of hydrogen-bond acceptors (Lipinski definition) is 4. The van der Waals surface area contributed by atoms with E-state index < -0.39 is 0 Å². The van der Waals surface area contributed by atoms with Crippen LogP contribution in [0.4, 0.5) is 5.69 Å². The van der Waals surface area contributed by atoms with Crippen LogP contribution >= 0.6 is 0 Å². The number of piperidine rings is 1. The molecule has 0 spiro atoms. The molecule has 3 N–H and O–H groups in total. The summed E-state index contributed by atoms with van der Waals surface area (Å²) in [7, 11) is 0. The number of hydrogen-bond donors (Lipinski definition) is 3. The van der Waals surface area contributed by atoms with Crippen molar-refractivity contribution in [3.05, 3.63) is 53.5 Å². The van der Waals surface area contributed by atoms with Gasteiger partial charge in [-0.2, -0.15) is 0 Å². The fourth-order valence-corrected chi connectivity index (χ4v) is 3.02. The summed E-state index contributed by atoms with van der Waals surface area (Å²) in [4.78, 5) is 24.7. The van der Waals surface area contributed by atoms with Crippen LogP contribution in [0.5, 0.6) is 0 Å². The van der Waals surface area contributed by atoms with Gasteiger partial charge in [0.2, 0.25) is 0 Å². The quantitative estimate of drug-likeness (QED) is 0.798. The normalized spacial score (nSPS) is 20.1. The molecule has 0 aliphatic carbocycles. The van der Waals surface area contributed by atoms with Crippen LogP contribution in [0.2, 0.25) is 0 Å². The van der Waals surface area contributed by atoms with Gasteiger partial charge in [0, 0.05) is 23.3 Å². The number of aryl methyl sites for hydroxylation is 1. The summed E-state index contributed by atoms with van der Waals surface area (Å²) in [6.45, 7) is 4.91. The molecule has 6 nitrogen and oxygen atoms in total. The van der Waals surface area contributed by atoms with E-state index in [0.29, 0.717) is 17.3 Å². The molecule has 1 saturated heterocycles. The highest BCUT2D eigenvalue weighted by molar-refractivity contribution is 6.03. The van der Waals surface area contributed by atoms with Gasteiger partial charge >= 0.3 is 0 Å². The zero-order valence-corrected chi connectivity index (χ0v) is 14.5. The summed E-state index contributed by atoms with van der Waals surface area (Å²) >= 11 is 0. The maximum Gasteiger partial charge on any atom is 0.291 e. The first-order chi connectivity index (χ1) is 12.0. The van der Waals surface area contributed by atoms with E-state index in [2.05, 4.69) is 22.9 Å². The molecule has 1 aliphatic rings. The Bertz CT molecular complexity index is 755. The van der Waals surface area contributed by atoms with Gasteiger partial charge < -0.3 is 20.4 Å². The molecule has 0 radical (unpaired) electrons. The second-order valence-corrected chi connectivity index (χ2v) is 6.51. The standard InChI is InChI=1S/C19H23N3O3/c1-12-5-6-14(18(23)21-15-7-8-20-13(2)10-15)11-16(12)22-19(24)17-4-3-9-25-17/h3-6,9,11,13,15,20H,7-8,10H2,1-2H3,(H,21,23)(H,22,24). The number of amides is 2. The molecule has 2 unspecified atom stereocenters. The number of rotatable bonds is 4. The predicted octanol–water partition coefficient (Wildman–Crippen LogP) is 2.71. The van der Waals surface area contributed by atoms with E-state index >= 15 is 0 Å². The van der Waals surface area contributed by atoms with Crippen molar-refractivity contribution in [2.75, 3.05) is 11.9 Å². The molecule has 2 atom stereocenters. The second-order valence-electron chi connectivity index (χ2n) is 6.51. The number of anilines is 1. The van der Waals surface area contributed by atoms with Gasteiger partial charge in [0.25, 0.3) is 11.8 Å². The number of carbonyl (C=O) groups is 2. The molecule has 2 amide bonds. The van der Waals surface area contributed by atoms with E-state index in [-0.39, 0.29) is 23.6 Å². The Hall–Kier alpha value is -2.60. The minimum Gasteiger partial charge on any atom is -0.459 e. The van der Waals surface area contributed by atoms with Crippen molar-refractivity contribution in [1.82, 2.24) is 10.6 Å². The third kappa shape index (κ3) is 4.28. The zero-order valence-electron chi connectivity index (χ0n) is 14.5. The van der Waals surface area contributed by atoms with Crippen LogP contribution in [0, 0.1) is 6.92 Å². The van der Waals surface area contributed by atoms with Gasteiger partial charge in [0.05, 0.1) is 6.26 Å². The van der Waals surface area contributed by atoms with E-state index in [1.54, 1.807) is 24.3 Å². The van der Waals surface area contributed by atoms with Crippen molar-refractivity contribution in [3.63, 3.8) is 0 Å². The molecule has 1 fully saturated rings. The minimum atomic E-state index is -0.335. The lowest BCUT2D eigenvalue weighted by molar-refractivity contribution is 0.0924. The Labute approximate surface area is 147 Å². The Balaban J connectivity index is 1.70. The maximum atomic E-state index is 12.5. The molecule has 132 valence electrons. The summed E-state index contributed by atoms with van der Waals surface area (Å²) in [5.41, 5.74) is 2.02. The Morgan fingerprint density at radius 2 is 2.08 bits per heavy atom. The molecule has 0 bridgehead atoms. The molecule has 0 saturated carbocycles. The van der Waals surface area contributed by atoms with E-state index in [0.717, 1.165) is 24.9 Å². The van der Waals surface area contributed by atoms with Gasteiger partial charge in [-0.1, -0.05) is 6.07 Å². The molecule has 6 heteroatoms. The highest BCUT2D eigenvalue weighted by Gasteiger charge is 2.21. The van der Waals surface area contributed by atoms with Crippen molar-refractivity contribution in [2.45, 2.75) is 38.8 Å². The Morgan fingerprint density at radius 1 is 1.24 bits per heavy atom. The number of carbonyl (C=O) groups excluding carboxylic acids is 2. The lowest BCUT2D eigenvalue weighted by Crippen LogP contribution is -2.46. The van der Waals surface area contributed by atoms with Crippen LogP contribution in [0.25, 0.3) is 0 Å². The minimum absolute atomic E-state index is 0.118. The number of nitrogens with one attached hydrogen (secondary N) is 3. The van der Waals surface area contributed by atoms with E-state index in [9.17, 15) is 9.59 Å². The highest BCUT2D eigenvalue weighted by Crippen LogP contribution is 2.19. The molecule has 1 aromatic heterocycles. The summed E-state index contributed by atoms with van der Waals surface area (Å²) in [6, 6.07) is 9.14. The van der Waals surface area contributed by atoms with E-state index in [1.807, 2.05) is 13.0 Å². The first kappa shape index (κ1) is 17.2. The SMILES string of the molecule is Cc1ccc(C(=O)NC2CCNC(C)C2)cc1NC(=O)c1ccco1. The number of benzene rings is 1. The van der Waals surface area contributed by atoms with E-state index in [1.165, 1.54) is 6.26 Å². The maximum absolute atomic E-state index is 12.5. The Morgan fingerprint density at radius 3 is 2.80 bits per heavy atom. The van der Waals surface area contributed by atoms with Crippen LogP contribution in [0.3, 0.4) is 0 Å². The molecule has 3 rings (SSSR count). The lowest BCUT2D eigenvalue weighted by atomic mass is 10.00. The van der Waals surface area contributed by atoms with Crippen molar-refractivity contribution >= 4 is 17.5 Å². The zero-order chi connectivity index (χ0) is 17.8. The fraction of sp³-hybridized carbons (Fsp3) is 0.368. The van der Waals surface area contributed by atoms with Crippen LogP contribution in [-0.4, -0.2) is 30.4 Å². The third-order valence-electron chi connectivity index (χ3n) is 4.45. The summed E-state index contributed by atoms with van der Waals surface area (Å²) in [5, 5.41) is 9.25. The van der Waals surface area contributed by atoms with E-state index in [4.69, 9.17) is 4.42 Å². The predicted molar refractivity (Wildman–Crippen MR) is 95.8 cm³/mol. The third-order valence-corrected chi connectivity index (χ3v) is 4.45. The first-order valence-corrected chi connectivity index (χ1v) is 8.52. The largest absolute Gasteiger partial charge is 0.459 e. The van der Waals surface area contributed by atoms with Gasteiger partial charge in [-0.3, -0.25) is 9.59 Å². The Kier molecular flexibility index (Phi) is 5.19. The summed E-state index contributed by atoms with van der Waals surface area (Å²) in [5.74, 6) is -0.219. The topological polar surface area (TPSA) is 83.4 Å². The monoisotopic (exact) mass is 341 g/mol. The van der Waals surface area contributed by atoms with Gasteiger partial charge in [-0.15, -0.1) is 0 Å². The molecule has 1 aliphatic heterocycles. The number of furan rings is 1. The summed E-state index contributed by atoms with van der Waals surface area (Å²) in [6.07, 6.45) is 3.29. The molecule has 25 heavy (non-hydrogen) atoms. The second kappa shape index (κ2) is 7.53. The van der Waals surface area contributed by atoms with Crippen LogP contribution in [-0.2, 0) is 0 Å². The average molecular weight is 341 g/mol. The van der Waals surface area contributed by atoms with Crippen molar-refractivity contribution in [3.8, 4) is 0 Å². The summed E-state index contributed by atoms with van der Waals surface area (Å²) < 4.78 is 5.10. The smallest absolute Gasteiger partial charge is 0.291 e. The molecule has 2 aromatic rings. The van der Waals surface area contributed by atoms with Crippen LogP contribution in [0.1, 0.15) is 46.2 Å². The van der Waals surface area contributed by atoms with Crippen LogP contribution < -0.4 is 16.0 Å².